The molecule has 1 aliphatic rings. The fourth-order valence-corrected chi connectivity index (χ4v) is 2.62. The van der Waals surface area contributed by atoms with E-state index in [1.54, 1.807) is 7.11 Å². The van der Waals surface area contributed by atoms with Gasteiger partial charge in [0, 0.05) is 12.6 Å². The number of nitrogens with zero attached hydrogens (tertiary/aromatic N) is 1. The van der Waals surface area contributed by atoms with Gasteiger partial charge in [-0.05, 0) is 56.1 Å². The van der Waals surface area contributed by atoms with Crippen LogP contribution in [-0.2, 0) is 6.42 Å². The Morgan fingerprint density at radius 3 is 3.00 bits per heavy atom. The summed E-state index contributed by atoms with van der Waals surface area (Å²) in [4.78, 5) is 2.43. The Morgan fingerprint density at radius 1 is 1.47 bits per heavy atom. The van der Waals surface area contributed by atoms with Crippen molar-refractivity contribution in [3.8, 4) is 5.75 Å². The molecule has 0 aliphatic carbocycles. The Hall–Kier alpha value is -1.06. The quantitative estimate of drug-likeness (QED) is 0.865. The lowest BCUT2D eigenvalue weighted by molar-refractivity contribution is 0.216. The predicted molar refractivity (Wildman–Crippen MR) is 70.4 cm³/mol. The SMILES string of the molecule is COc1ccc2c(c1)C(CCCN)N(C)CC2. The first-order valence-corrected chi connectivity index (χ1v) is 6.33. The molecule has 1 aliphatic heterocycles. The number of fused-ring (bicyclic) bond motifs is 1. The summed E-state index contributed by atoms with van der Waals surface area (Å²) in [6.07, 6.45) is 3.34. The van der Waals surface area contributed by atoms with E-state index >= 15 is 0 Å². The average Bonchev–Trinajstić information content (AvgIpc) is 2.37. The molecule has 1 atom stereocenters. The monoisotopic (exact) mass is 234 g/mol. The summed E-state index contributed by atoms with van der Waals surface area (Å²) in [7, 11) is 3.92. The molecule has 1 aromatic carbocycles. The highest BCUT2D eigenvalue weighted by molar-refractivity contribution is 5.39. The zero-order chi connectivity index (χ0) is 12.3. The molecule has 1 unspecified atom stereocenters. The summed E-state index contributed by atoms with van der Waals surface area (Å²) < 4.78 is 5.33. The average molecular weight is 234 g/mol. The summed E-state index contributed by atoms with van der Waals surface area (Å²) in [6, 6.07) is 6.95. The topological polar surface area (TPSA) is 38.5 Å². The maximum absolute atomic E-state index is 5.62. The minimum atomic E-state index is 0.498. The van der Waals surface area contributed by atoms with E-state index in [0.29, 0.717) is 6.04 Å². The summed E-state index contributed by atoms with van der Waals surface area (Å²) in [5.41, 5.74) is 8.51. The summed E-state index contributed by atoms with van der Waals surface area (Å²) in [5.74, 6) is 0.955. The van der Waals surface area contributed by atoms with Crippen molar-refractivity contribution in [3.05, 3.63) is 29.3 Å². The number of ether oxygens (including phenoxy) is 1. The minimum absolute atomic E-state index is 0.498. The molecule has 0 radical (unpaired) electrons. The van der Waals surface area contributed by atoms with E-state index < -0.39 is 0 Å². The number of hydrogen-bond donors (Lipinski definition) is 1. The summed E-state index contributed by atoms with van der Waals surface area (Å²) in [6.45, 7) is 1.90. The predicted octanol–water partition coefficient (Wildman–Crippen LogP) is 1.96. The molecule has 2 N–H and O–H groups in total. The zero-order valence-electron chi connectivity index (χ0n) is 10.8. The van der Waals surface area contributed by atoms with Crippen molar-refractivity contribution in [2.24, 2.45) is 5.73 Å². The van der Waals surface area contributed by atoms with E-state index in [-0.39, 0.29) is 0 Å². The third-order valence-corrected chi connectivity index (χ3v) is 3.66. The number of benzene rings is 1. The van der Waals surface area contributed by atoms with Gasteiger partial charge in [-0.25, -0.2) is 0 Å². The van der Waals surface area contributed by atoms with Gasteiger partial charge in [-0.2, -0.15) is 0 Å². The van der Waals surface area contributed by atoms with Crippen LogP contribution in [0.5, 0.6) is 5.75 Å². The van der Waals surface area contributed by atoms with Gasteiger partial charge in [0.1, 0.15) is 5.75 Å². The molecular weight excluding hydrogens is 212 g/mol. The fourth-order valence-electron chi connectivity index (χ4n) is 2.62. The van der Waals surface area contributed by atoms with Gasteiger partial charge in [-0.3, -0.25) is 4.90 Å². The maximum Gasteiger partial charge on any atom is 0.119 e. The van der Waals surface area contributed by atoms with Crippen molar-refractivity contribution >= 4 is 0 Å². The molecule has 3 nitrogen and oxygen atoms in total. The molecule has 0 saturated carbocycles. The Balaban J connectivity index is 2.27. The summed E-state index contributed by atoms with van der Waals surface area (Å²) >= 11 is 0. The van der Waals surface area contributed by atoms with Crippen molar-refractivity contribution in [2.75, 3.05) is 27.2 Å². The number of methoxy groups -OCH3 is 1. The van der Waals surface area contributed by atoms with Crippen LogP contribution < -0.4 is 10.5 Å². The van der Waals surface area contributed by atoms with Gasteiger partial charge in [0.25, 0.3) is 0 Å². The van der Waals surface area contributed by atoms with E-state index in [1.807, 2.05) is 0 Å². The van der Waals surface area contributed by atoms with E-state index in [9.17, 15) is 0 Å². The van der Waals surface area contributed by atoms with E-state index in [2.05, 4.69) is 30.1 Å². The molecular formula is C14H22N2O. The first kappa shape index (κ1) is 12.4. The van der Waals surface area contributed by atoms with Crippen molar-refractivity contribution in [3.63, 3.8) is 0 Å². The fraction of sp³-hybridized carbons (Fsp3) is 0.571. The molecule has 0 amide bonds. The normalized spacial score (nSPS) is 20.1. The Bertz CT molecular complexity index is 378. The third-order valence-electron chi connectivity index (χ3n) is 3.66. The first-order chi connectivity index (χ1) is 8.26. The number of hydrogen-bond acceptors (Lipinski definition) is 3. The van der Waals surface area contributed by atoms with Crippen LogP contribution in [0, 0.1) is 0 Å². The standard InChI is InChI=1S/C14H22N2O/c1-16-9-7-11-5-6-12(17-2)10-13(11)14(16)4-3-8-15/h5-6,10,14H,3-4,7-9,15H2,1-2H3. The second-order valence-corrected chi connectivity index (χ2v) is 4.74. The number of likely N-dealkylation sites (N-methyl/N-ethyl adjacent to an activating group) is 1. The summed E-state index contributed by atoms with van der Waals surface area (Å²) in [5, 5.41) is 0. The van der Waals surface area contributed by atoms with E-state index in [1.165, 1.54) is 11.1 Å². The second kappa shape index (κ2) is 5.52. The van der Waals surface area contributed by atoms with Crippen LogP contribution in [0.1, 0.15) is 30.0 Å². The molecule has 0 spiro atoms. The van der Waals surface area contributed by atoms with Crippen LogP contribution in [0.25, 0.3) is 0 Å². The highest BCUT2D eigenvalue weighted by atomic mass is 16.5. The smallest absolute Gasteiger partial charge is 0.119 e. The first-order valence-electron chi connectivity index (χ1n) is 6.33. The van der Waals surface area contributed by atoms with Crippen LogP contribution >= 0.6 is 0 Å². The maximum atomic E-state index is 5.62. The van der Waals surface area contributed by atoms with Crippen LogP contribution in [0.3, 0.4) is 0 Å². The number of rotatable bonds is 4. The molecule has 0 bridgehead atoms. The Labute approximate surface area is 104 Å². The lowest BCUT2D eigenvalue weighted by Gasteiger charge is -2.35. The van der Waals surface area contributed by atoms with Crippen molar-refractivity contribution < 1.29 is 4.74 Å². The molecule has 1 heterocycles. The van der Waals surface area contributed by atoms with E-state index in [4.69, 9.17) is 10.5 Å². The van der Waals surface area contributed by atoms with Crippen LogP contribution in [0.4, 0.5) is 0 Å². The van der Waals surface area contributed by atoms with Crippen LogP contribution in [0.15, 0.2) is 18.2 Å². The minimum Gasteiger partial charge on any atom is -0.497 e. The van der Waals surface area contributed by atoms with Gasteiger partial charge >= 0.3 is 0 Å². The largest absolute Gasteiger partial charge is 0.497 e. The Morgan fingerprint density at radius 2 is 2.29 bits per heavy atom. The molecule has 0 fully saturated rings. The lowest BCUT2D eigenvalue weighted by Crippen LogP contribution is -2.32. The van der Waals surface area contributed by atoms with Gasteiger partial charge in [-0.1, -0.05) is 6.07 Å². The van der Waals surface area contributed by atoms with Crippen molar-refractivity contribution in [2.45, 2.75) is 25.3 Å². The Kier molecular flexibility index (Phi) is 4.02. The molecule has 2 rings (SSSR count). The molecule has 94 valence electrons. The van der Waals surface area contributed by atoms with Gasteiger partial charge in [0.05, 0.1) is 7.11 Å². The highest BCUT2D eigenvalue weighted by Crippen LogP contribution is 2.34. The molecule has 17 heavy (non-hydrogen) atoms. The second-order valence-electron chi connectivity index (χ2n) is 4.74. The van der Waals surface area contributed by atoms with Crippen LogP contribution in [-0.4, -0.2) is 32.1 Å². The molecule has 3 heteroatoms. The lowest BCUT2D eigenvalue weighted by atomic mass is 9.90. The number of nitrogens with two attached hydrogens (primary N) is 1. The van der Waals surface area contributed by atoms with Gasteiger partial charge < -0.3 is 10.5 Å². The molecule has 0 aromatic heterocycles. The zero-order valence-corrected chi connectivity index (χ0v) is 10.8. The van der Waals surface area contributed by atoms with Gasteiger partial charge in [-0.15, -0.1) is 0 Å². The van der Waals surface area contributed by atoms with Gasteiger partial charge in [0.2, 0.25) is 0 Å². The third kappa shape index (κ3) is 2.61. The van der Waals surface area contributed by atoms with E-state index in [0.717, 1.165) is 38.1 Å². The van der Waals surface area contributed by atoms with Crippen molar-refractivity contribution in [1.29, 1.82) is 0 Å². The van der Waals surface area contributed by atoms with Crippen LogP contribution in [0.2, 0.25) is 0 Å². The van der Waals surface area contributed by atoms with Gasteiger partial charge in [0.15, 0.2) is 0 Å². The highest BCUT2D eigenvalue weighted by Gasteiger charge is 2.24. The van der Waals surface area contributed by atoms with Crippen molar-refractivity contribution in [1.82, 2.24) is 4.90 Å². The molecule has 1 aromatic rings. The molecule has 0 saturated heterocycles.